The molecule has 26 heavy (non-hydrogen) atoms. The van der Waals surface area contributed by atoms with Gasteiger partial charge in [-0.05, 0) is 0 Å². The Morgan fingerprint density at radius 2 is 0.885 bits per heavy atom. The zero-order valence-corrected chi connectivity index (χ0v) is 13.8. The van der Waals surface area contributed by atoms with Crippen LogP contribution in [0.5, 0.6) is 0 Å². The molecule has 12 heteroatoms. The molecule has 2 fully saturated rings. The third kappa shape index (κ3) is 3.62. The number of carbonyl (C=O) groups is 4. The lowest BCUT2D eigenvalue weighted by Gasteiger charge is -2.60. The lowest BCUT2D eigenvalue weighted by molar-refractivity contribution is -0.380. The van der Waals surface area contributed by atoms with Crippen LogP contribution in [0.4, 0.5) is 0 Å². The van der Waals surface area contributed by atoms with E-state index in [0.29, 0.717) is 0 Å². The molecule has 12 nitrogen and oxygen atoms in total. The largest absolute Gasteiger partial charge is 0.481 e. The van der Waals surface area contributed by atoms with E-state index in [9.17, 15) is 39.6 Å². The molecule has 0 atom stereocenters. The van der Waals surface area contributed by atoms with E-state index >= 15 is 0 Å². The monoisotopic (exact) mass is 376 g/mol. The third-order valence-corrected chi connectivity index (χ3v) is 4.68. The topological polar surface area (TPSA) is 174 Å². The zero-order valence-electron chi connectivity index (χ0n) is 13.8. The summed E-state index contributed by atoms with van der Waals surface area (Å²) < 4.78 is 0. The lowest BCUT2D eigenvalue weighted by atomic mass is 9.66. The summed E-state index contributed by atoms with van der Waals surface area (Å²) in [7, 11) is 0. The minimum absolute atomic E-state index is 0.134. The first kappa shape index (κ1) is 20.0. The van der Waals surface area contributed by atoms with E-state index in [2.05, 4.69) is 0 Å². The Labute approximate surface area is 147 Å². The predicted molar refractivity (Wildman–Crippen MR) is 79.8 cm³/mol. The van der Waals surface area contributed by atoms with Crippen LogP contribution >= 0.6 is 0 Å². The second-order valence-electron chi connectivity index (χ2n) is 6.22. The van der Waals surface area contributed by atoms with Gasteiger partial charge in [-0.15, -0.1) is 0 Å². The molecule has 146 valence electrons. The van der Waals surface area contributed by atoms with Crippen LogP contribution in [-0.2, 0) is 28.9 Å². The molecule has 0 aromatic rings. The highest BCUT2D eigenvalue weighted by Crippen LogP contribution is 2.47. The highest BCUT2D eigenvalue weighted by atomic mass is 16.7. The fourth-order valence-electron chi connectivity index (χ4n) is 3.64. The minimum Gasteiger partial charge on any atom is -0.481 e. The van der Waals surface area contributed by atoms with Crippen LogP contribution in [-0.4, -0.2) is 91.8 Å². The van der Waals surface area contributed by atoms with Crippen molar-refractivity contribution in [2.45, 2.75) is 36.8 Å². The Kier molecular flexibility index (Phi) is 5.81. The van der Waals surface area contributed by atoms with Crippen molar-refractivity contribution >= 4 is 23.9 Å². The molecule has 2 aliphatic heterocycles. The quantitative estimate of drug-likeness (QED) is 0.341. The van der Waals surface area contributed by atoms with Gasteiger partial charge in [-0.1, -0.05) is 0 Å². The first-order chi connectivity index (χ1) is 12.1. The molecular weight excluding hydrogens is 356 g/mol. The van der Waals surface area contributed by atoms with Gasteiger partial charge in [0.25, 0.3) is 0 Å². The number of aliphatic carboxylic acids is 4. The maximum absolute atomic E-state index is 11.6. The van der Waals surface area contributed by atoms with Gasteiger partial charge in [0, 0.05) is 0 Å². The first-order valence-electron chi connectivity index (χ1n) is 7.81. The summed E-state index contributed by atoms with van der Waals surface area (Å²) in [5.41, 5.74) is -3.92. The van der Waals surface area contributed by atoms with Crippen molar-refractivity contribution in [1.29, 1.82) is 0 Å². The van der Waals surface area contributed by atoms with E-state index in [0.717, 1.165) is 10.1 Å². The molecule has 0 amide bonds. The Bertz CT molecular complexity index is 515. The minimum atomic E-state index is -1.96. The fraction of sp³-hybridized carbons (Fsp3) is 0.714. The number of hydroxylamine groups is 4. The van der Waals surface area contributed by atoms with Crippen molar-refractivity contribution in [2.24, 2.45) is 0 Å². The normalized spacial score (nSPS) is 18.6. The highest BCUT2D eigenvalue weighted by molar-refractivity contribution is 5.78. The second-order valence-corrected chi connectivity index (χ2v) is 6.22. The van der Waals surface area contributed by atoms with E-state index < -0.39 is 60.6 Å². The number of hydrogen-bond donors (Lipinski definition) is 4. The van der Waals surface area contributed by atoms with Gasteiger partial charge in [0.2, 0.25) is 0 Å². The van der Waals surface area contributed by atoms with E-state index in [-0.39, 0.29) is 26.3 Å². The first-order valence-corrected chi connectivity index (χ1v) is 7.81. The molecule has 0 saturated carbocycles. The molecular formula is C14H20N2O10. The van der Waals surface area contributed by atoms with Crippen molar-refractivity contribution in [3.05, 3.63) is 0 Å². The van der Waals surface area contributed by atoms with Gasteiger partial charge in [-0.3, -0.25) is 28.9 Å². The van der Waals surface area contributed by atoms with Gasteiger partial charge in [-0.25, -0.2) is 0 Å². The lowest BCUT2D eigenvalue weighted by Crippen LogP contribution is -2.77. The van der Waals surface area contributed by atoms with Crippen molar-refractivity contribution in [3.8, 4) is 0 Å². The van der Waals surface area contributed by atoms with Crippen LogP contribution in [0.15, 0.2) is 0 Å². The summed E-state index contributed by atoms with van der Waals surface area (Å²) in [6, 6.07) is 0. The van der Waals surface area contributed by atoms with Crippen LogP contribution in [0.3, 0.4) is 0 Å². The van der Waals surface area contributed by atoms with Gasteiger partial charge in [-0.2, -0.15) is 10.1 Å². The van der Waals surface area contributed by atoms with Gasteiger partial charge in [0.05, 0.1) is 63.1 Å². The maximum Gasteiger partial charge on any atom is 0.305 e. The van der Waals surface area contributed by atoms with Gasteiger partial charge < -0.3 is 20.4 Å². The summed E-state index contributed by atoms with van der Waals surface area (Å²) in [6.45, 7) is 0.626. The molecule has 4 N–H and O–H groups in total. The Morgan fingerprint density at radius 3 is 1.00 bits per heavy atom. The molecule has 2 rings (SSSR count). The zero-order chi connectivity index (χ0) is 19.5. The molecule has 0 spiro atoms. The number of carboxylic acids is 4. The Balaban J connectivity index is 2.67. The summed E-state index contributed by atoms with van der Waals surface area (Å²) in [6.07, 6.45) is -3.33. The number of rotatable bonds is 11. The molecule has 0 radical (unpaired) electrons. The molecule has 0 aromatic heterocycles. The SMILES string of the molecule is O=C(O)CC(CC(=O)O)(N1CCO1)C(CC(=O)O)(CC(=O)O)N1CCO1. The molecule has 0 bridgehead atoms. The van der Waals surface area contributed by atoms with Gasteiger partial charge >= 0.3 is 23.9 Å². The van der Waals surface area contributed by atoms with E-state index in [4.69, 9.17) is 9.68 Å². The molecule has 2 heterocycles. The van der Waals surface area contributed by atoms with Crippen molar-refractivity contribution in [3.63, 3.8) is 0 Å². The third-order valence-electron chi connectivity index (χ3n) is 4.68. The molecule has 0 aliphatic carbocycles. The van der Waals surface area contributed by atoms with Crippen LogP contribution in [0.1, 0.15) is 25.7 Å². The van der Waals surface area contributed by atoms with Crippen LogP contribution in [0.2, 0.25) is 0 Å². The number of carboxylic acid groups (broad SMARTS) is 4. The predicted octanol–water partition coefficient (Wildman–Crippen LogP) is -1.14. The number of nitrogens with zero attached hydrogens (tertiary/aromatic N) is 2. The van der Waals surface area contributed by atoms with Gasteiger partial charge in [0.1, 0.15) is 0 Å². The van der Waals surface area contributed by atoms with Crippen molar-refractivity contribution in [2.75, 3.05) is 26.3 Å². The maximum atomic E-state index is 11.6. The second kappa shape index (κ2) is 7.53. The highest BCUT2D eigenvalue weighted by Gasteiger charge is 2.65. The summed E-state index contributed by atoms with van der Waals surface area (Å²) in [5, 5.41) is 39.8. The van der Waals surface area contributed by atoms with E-state index in [1.54, 1.807) is 0 Å². The fourth-order valence-corrected chi connectivity index (χ4v) is 3.64. The number of hydrogen-bond acceptors (Lipinski definition) is 8. The van der Waals surface area contributed by atoms with Crippen LogP contribution < -0.4 is 0 Å². The summed E-state index contributed by atoms with van der Waals surface area (Å²) in [4.78, 5) is 56.7. The van der Waals surface area contributed by atoms with E-state index in [1.807, 2.05) is 0 Å². The smallest absolute Gasteiger partial charge is 0.305 e. The molecule has 2 aliphatic rings. The average Bonchev–Trinajstić information content (AvgIpc) is 2.29. The van der Waals surface area contributed by atoms with Crippen molar-refractivity contribution < 1.29 is 49.3 Å². The summed E-state index contributed by atoms with van der Waals surface area (Å²) >= 11 is 0. The standard InChI is InChI=1S/C14H20N2O10/c17-9(18)5-13(6-10(19)20,15-1-3-25-15)14(7-11(21)22,8-12(23)24)16-2-4-26-16/h1-8H2,(H,17,18)(H,19,20)(H,21,22)(H,23,24). The Morgan fingerprint density at radius 1 is 0.654 bits per heavy atom. The Hall–Kier alpha value is -2.28. The van der Waals surface area contributed by atoms with Crippen molar-refractivity contribution in [1.82, 2.24) is 10.1 Å². The summed E-state index contributed by atoms with van der Waals surface area (Å²) in [5.74, 6) is -5.66. The average molecular weight is 376 g/mol. The van der Waals surface area contributed by atoms with Crippen LogP contribution in [0, 0.1) is 0 Å². The molecule has 2 saturated heterocycles. The van der Waals surface area contributed by atoms with Crippen LogP contribution in [0.25, 0.3) is 0 Å². The molecule has 0 unspecified atom stereocenters. The molecule has 0 aromatic carbocycles. The van der Waals surface area contributed by atoms with E-state index in [1.165, 1.54) is 0 Å². The van der Waals surface area contributed by atoms with Gasteiger partial charge in [0.15, 0.2) is 0 Å².